The maximum Gasteiger partial charge on any atom is 0.364 e. The number of benzene rings is 2. The maximum atomic E-state index is 13.8. The molecule has 0 aliphatic carbocycles. The normalized spacial score (nSPS) is 15.8. The average molecular weight is 449 g/mol. The fourth-order valence-electron chi connectivity index (χ4n) is 4.61. The molecule has 1 aliphatic rings. The van der Waals surface area contributed by atoms with Crippen molar-refractivity contribution in [1.82, 2.24) is 9.55 Å². The third-order valence-corrected chi connectivity index (χ3v) is 6.50. The Hall–Kier alpha value is -3.12. The van der Waals surface area contributed by atoms with Crippen molar-refractivity contribution in [3.8, 4) is 0 Å². The topological polar surface area (TPSA) is 52.0 Å². The molecule has 2 aromatic carbocycles. The monoisotopic (exact) mass is 448 g/mol. The lowest BCUT2D eigenvalue weighted by molar-refractivity contribution is -0.821. The van der Waals surface area contributed by atoms with Crippen LogP contribution >= 0.6 is 0 Å². The highest BCUT2D eigenvalue weighted by molar-refractivity contribution is 5.88. The van der Waals surface area contributed by atoms with Gasteiger partial charge in [-0.05, 0) is 43.4 Å². The minimum Gasteiger partial charge on any atom is -0.296 e. The van der Waals surface area contributed by atoms with Gasteiger partial charge in [-0.1, -0.05) is 49.4 Å². The Morgan fingerprint density at radius 2 is 1.76 bits per heavy atom. The summed E-state index contributed by atoms with van der Waals surface area (Å²) in [7, 11) is 3.63. The highest BCUT2D eigenvalue weighted by Crippen LogP contribution is 2.26. The number of rotatable bonds is 6. The van der Waals surface area contributed by atoms with Crippen molar-refractivity contribution in [2.45, 2.75) is 51.6 Å². The Kier molecular flexibility index (Phi) is 6.56. The molecule has 172 valence electrons. The second-order valence-corrected chi connectivity index (χ2v) is 9.56. The number of fused-ring (bicyclic) bond motifs is 1. The lowest BCUT2D eigenvalue weighted by Crippen LogP contribution is -2.47. The average Bonchev–Trinajstić information content (AvgIpc) is 2.80. The number of carbonyl (C=O) groups is 1. The van der Waals surface area contributed by atoms with Crippen LogP contribution in [0.25, 0.3) is 0 Å². The molecular formula is C27H31FN3O2+. The first-order chi connectivity index (χ1) is 15.8. The van der Waals surface area contributed by atoms with Crippen molar-refractivity contribution < 1.29 is 13.7 Å². The van der Waals surface area contributed by atoms with E-state index >= 15 is 0 Å². The van der Waals surface area contributed by atoms with Gasteiger partial charge in [0.15, 0.2) is 5.69 Å². The lowest BCUT2D eigenvalue weighted by atomic mass is 9.98. The van der Waals surface area contributed by atoms with Crippen LogP contribution < -0.4 is 5.56 Å². The third kappa shape index (κ3) is 4.96. The van der Waals surface area contributed by atoms with E-state index in [1.54, 1.807) is 16.7 Å². The van der Waals surface area contributed by atoms with E-state index in [9.17, 15) is 14.0 Å². The number of hydrogen-bond acceptors (Lipinski definition) is 3. The zero-order chi connectivity index (χ0) is 23.6. The van der Waals surface area contributed by atoms with Crippen molar-refractivity contribution in [2.24, 2.45) is 0 Å². The Balaban J connectivity index is 1.73. The second-order valence-electron chi connectivity index (χ2n) is 9.56. The molecule has 3 aromatic rings. The Labute approximate surface area is 194 Å². The highest BCUT2D eigenvalue weighted by atomic mass is 19.1. The predicted molar refractivity (Wildman–Crippen MR) is 127 cm³/mol. The smallest absolute Gasteiger partial charge is 0.296 e. The van der Waals surface area contributed by atoms with E-state index in [4.69, 9.17) is 4.98 Å². The molecule has 0 bridgehead atoms. The minimum atomic E-state index is -0.308. The second kappa shape index (κ2) is 9.40. The van der Waals surface area contributed by atoms with Gasteiger partial charge in [-0.3, -0.25) is 13.8 Å². The summed E-state index contributed by atoms with van der Waals surface area (Å²) >= 11 is 0. The molecule has 2 heterocycles. The first-order valence-corrected chi connectivity index (χ1v) is 11.6. The zero-order valence-electron chi connectivity index (χ0n) is 19.6. The van der Waals surface area contributed by atoms with E-state index in [1.807, 2.05) is 44.4 Å². The van der Waals surface area contributed by atoms with Crippen LogP contribution in [0, 0.1) is 5.82 Å². The molecule has 0 saturated carbocycles. The molecule has 0 fully saturated rings. The van der Waals surface area contributed by atoms with Gasteiger partial charge in [-0.2, -0.15) is 0 Å². The van der Waals surface area contributed by atoms with Gasteiger partial charge < -0.3 is 0 Å². The molecule has 1 amide bonds. The van der Waals surface area contributed by atoms with Crippen molar-refractivity contribution in [1.29, 1.82) is 0 Å². The molecule has 0 N–H and O–H groups in total. The van der Waals surface area contributed by atoms with Gasteiger partial charge in [0.1, 0.15) is 18.2 Å². The van der Waals surface area contributed by atoms with Gasteiger partial charge in [0.25, 0.3) is 5.56 Å². The van der Waals surface area contributed by atoms with Crippen molar-refractivity contribution in [3.05, 3.63) is 99.0 Å². The summed E-state index contributed by atoms with van der Waals surface area (Å²) in [4.78, 5) is 32.2. The fourth-order valence-corrected chi connectivity index (χ4v) is 4.61. The summed E-state index contributed by atoms with van der Waals surface area (Å²) in [5.74, 6) is 0.339. The highest BCUT2D eigenvalue weighted by Gasteiger charge is 2.35. The van der Waals surface area contributed by atoms with Crippen molar-refractivity contribution >= 4 is 5.91 Å². The summed E-state index contributed by atoms with van der Waals surface area (Å²) in [6.45, 7) is 3.09. The third-order valence-electron chi connectivity index (χ3n) is 6.50. The maximum absolute atomic E-state index is 13.8. The van der Waals surface area contributed by atoms with Crippen LogP contribution in [0.2, 0.25) is 0 Å². The van der Waals surface area contributed by atoms with Gasteiger partial charge in [0, 0.05) is 18.0 Å². The van der Waals surface area contributed by atoms with Gasteiger partial charge in [-0.15, -0.1) is 0 Å². The molecule has 1 atom stereocenters. The van der Waals surface area contributed by atoms with E-state index in [0.29, 0.717) is 37.3 Å². The van der Waals surface area contributed by atoms with Crippen LogP contribution in [-0.2, 0) is 25.9 Å². The SMILES string of the molecule is CC1CCCn2c1nc(C(=O)[N+](C)(C)Cc1ccc(F)cc1)c(CCc1ccccc1)c2=O. The number of aryl methyl sites for hydroxylation is 1. The van der Waals surface area contributed by atoms with E-state index in [0.717, 1.165) is 24.0 Å². The number of halogens is 1. The quantitative estimate of drug-likeness (QED) is 0.523. The molecule has 0 saturated heterocycles. The van der Waals surface area contributed by atoms with E-state index in [2.05, 4.69) is 6.92 Å². The van der Waals surface area contributed by atoms with Gasteiger partial charge in [0.05, 0.1) is 19.7 Å². The Morgan fingerprint density at radius 3 is 2.45 bits per heavy atom. The van der Waals surface area contributed by atoms with Gasteiger partial charge in [-0.25, -0.2) is 14.2 Å². The molecule has 0 radical (unpaired) electrons. The molecule has 33 heavy (non-hydrogen) atoms. The van der Waals surface area contributed by atoms with Crippen molar-refractivity contribution in [2.75, 3.05) is 14.1 Å². The summed E-state index contributed by atoms with van der Waals surface area (Å²) in [5, 5.41) is 0. The number of aromatic nitrogens is 2. The Bertz CT molecular complexity index is 1200. The molecule has 1 unspecified atom stereocenters. The molecular weight excluding hydrogens is 417 g/mol. The van der Waals surface area contributed by atoms with E-state index < -0.39 is 0 Å². The number of carbonyl (C=O) groups excluding carboxylic acids is 1. The van der Waals surface area contributed by atoms with Crippen molar-refractivity contribution in [3.63, 3.8) is 0 Å². The van der Waals surface area contributed by atoms with Crippen LogP contribution in [0.5, 0.6) is 0 Å². The van der Waals surface area contributed by atoms with Gasteiger partial charge in [0.2, 0.25) is 0 Å². The first kappa shape index (κ1) is 23.1. The number of hydrogen-bond donors (Lipinski definition) is 0. The van der Waals surface area contributed by atoms with Crippen LogP contribution in [0.4, 0.5) is 4.39 Å². The summed E-state index contributed by atoms with van der Waals surface area (Å²) < 4.78 is 15.1. The number of nitrogens with zero attached hydrogens (tertiary/aromatic N) is 3. The Morgan fingerprint density at radius 1 is 1.06 bits per heavy atom. The largest absolute Gasteiger partial charge is 0.364 e. The zero-order valence-corrected chi connectivity index (χ0v) is 19.6. The van der Waals surface area contributed by atoms with Crippen LogP contribution in [0.3, 0.4) is 0 Å². The summed E-state index contributed by atoms with van der Waals surface area (Å²) in [5.41, 5.74) is 2.65. The first-order valence-electron chi connectivity index (χ1n) is 11.6. The van der Waals surface area contributed by atoms with E-state index in [1.165, 1.54) is 12.1 Å². The van der Waals surface area contributed by atoms with Crippen LogP contribution in [0.15, 0.2) is 59.4 Å². The predicted octanol–water partition coefficient (Wildman–Crippen LogP) is 4.48. The summed E-state index contributed by atoms with van der Waals surface area (Å²) in [6, 6.07) is 16.2. The van der Waals surface area contributed by atoms with E-state index in [-0.39, 0.29) is 33.4 Å². The molecule has 1 aliphatic heterocycles. The molecule has 0 spiro atoms. The van der Waals surface area contributed by atoms with Crippen LogP contribution in [0.1, 0.15) is 58.7 Å². The molecule has 6 heteroatoms. The lowest BCUT2D eigenvalue weighted by Gasteiger charge is -2.29. The van der Waals surface area contributed by atoms with Gasteiger partial charge >= 0.3 is 5.91 Å². The fraction of sp³-hybridized carbons (Fsp3) is 0.370. The number of amides is 1. The minimum absolute atomic E-state index is 0.00571. The van der Waals surface area contributed by atoms with Crippen LogP contribution in [-0.4, -0.2) is 34.0 Å². The molecule has 1 aromatic heterocycles. The standard InChI is InChI=1S/C27H31FN3O2/c1-19-8-7-17-30-25(19)29-24(23(26(30)32)16-13-20-9-5-4-6-10-20)27(33)31(2,3)18-21-11-14-22(28)15-12-21/h4-6,9-12,14-15,19H,7-8,13,16-18H2,1-3H3/q+1. The number of quaternary nitrogens is 1. The summed E-state index contributed by atoms with van der Waals surface area (Å²) in [6.07, 6.45) is 3.02. The molecule has 5 nitrogen and oxygen atoms in total. The molecule has 4 rings (SSSR count).